The average Bonchev–Trinajstić information content (AvgIpc) is 2.91. The summed E-state index contributed by atoms with van der Waals surface area (Å²) in [4.78, 5) is 29.4. The molecule has 1 aromatic rings. The predicted octanol–water partition coefficient (Wildman–Crippen LogP) is 0.986. The Morgan fingerprint density at radius 2 is 1.80 bits per heavy atom. The Labute approximate surface area is 149 Å². The van der Waals surface area contributed by atoms with Crippen molar-refractivity contribution in [2.45, 2.75) is 18.9 Å². The maximum absolute atomic E-state index is 12.8. The molecule has 1 N–H and O–H groups in total. The van der Waals surface area contributed by atoms with Crippen molar-refractivity contribution in [3.05, 3.63) is 35.9 Å². The highest BCUT2D eigenvalue weighted by atomic mass is 16.5. The molecule has 0 spiro atoms. The summed E-state index contributed by atoms with van der Waals surface area (Å²) < 4.78 is 5.46. The molecule has 6 nitrogen and oxygen atoms in total. The van der Waals surface area contributed by atoms with Crippen molar-refractivity contribution in [2.75, 3.05) is 46.4 Å². The summed E-state index contributed by atoms with van der Waals surface area (Å²) in [7, 11) is 1.66. The van der Waals surface area contributed by atoms with Crippen LogP contribution in [0.15, 0.2) is 30.3 Å². The molecule has 2 saturated heterocycles. The molecular weight excluding hydrogens is 318 g/mol. The van der Waals surface area contributed by atoms with Crippen LogP contribution in [0.2, 0.25) is 0 Å². The van der Waals surface area contributed by atoms with E-state index in [4.69, 9.17) is 4.74 Å². The topological polar surface area (TPSA) is 61.9 Å². The quantitative estimate of drug-likeness (QED) is 0.887. The minimum atomic E-state index is -0.206. The maximum Gasteiger partial charge on any atom is 0.253 e. The fourth-order valence-corrected chi connectivity index (χ4v) is 3.74. The number of amides is 2. The van der Waals surface area contributed by atoms with Gasteiger partial charge in [0.25, 0.3) is 5.91 Å². The number of nitrogens with zero attached hydrogens (tertiary/aromatic N) is 2. The molecule has 2 fully saturated rings. The van der Waals surface area contributed by atoms with Crippen molar-refractivity contribution >= 4 is 11.8 Å². The molecule has 0 bridgehead atoms. The third-order valence-electron chi connectivity index (χ3n) is 5.19. The SMILES string of the molecule is CNC(=O)[C@H]1CN(C(=O)c2ccccc2)CCN(C2CCOCC2)C1. The number of hydrogen-bond donors (Lipinski definition) is 1. The van der Waals surface area contributed by atoms with Crippen LogP contribution in [0.25, 0.3) is 0 Å². The zero-order valence-corrected chi connectivity index (χ0v) is 14.8. The molecule has 3 rings (SSSR count). The number of nitrogens with one attached hydrogen (secondary N) is 1. The van der Waals surface area contributed by atoms with Crippen molar-refractivity contribution in [2.24, 2.45) is 5.92 Å². The third-order valence-corrected chi connectivity index (χ3v) is 5.19. The van der Waals surface area contributed by atoms with Crippen LogP contribution in [0.5, 0.6) is 0 Å². The molecule has 0 unspecified atom stereocenters. The molecule has 2 amide bonds. The van der Waals surface area contributed by atoms with E-state index in [0.29, 0.717) is 31.2 Å². The molecule has 2 aliphatic heterocycles. The number of carbonyl (C=O) groups is 2. The molecule has 136 valence electrons. The van der Waals surface area contributed by atoms with Gasteiger partial charge in [0.05, 0.1) is 5.92 Å². The molecule has 0 aromatic heterocycles. The van der Waals surface area contributed by atoms with Crippen molar-refractivity contribution < 1.29 is 14.3 Å². The third kappa shape index (κ3) is 4.38. The lowest BCUT2D eigenvalue weighted by Gasteiger charge is -2.34. The van der Waals surface area contributed by atoms with Gasteiger partial charge in [-0.05, 0) is 25.0 Å². The number of ether oxygens (including phenoxy) is 1. The lowest BCUT2D eigenvalue weighted by Crippen LogP contribution is -2.45. The second-order valence-corrected chi connectivity index (χ2v) is 6.77. The van der Waals surface area contributed by atoms with Gasteiger partial charge < -0.3 is 15.0 Å². The van der Waals surface area contributed by atoms with Crippen LogP contribution < -0.4 is 5.32 Å². The summed E-state index contributed by atoms with van der Waals surface area (Å²) in [5.74, 6) is -0.198. The summed E-state index contributed by atoms with van der Waals surface area (Å²) in [5, 5.41) is 2.76. The zero-order chi connectivity index (χ0) is 17.6. The highest BCUT2D eigenvalue weighted by molar-refractivity contribution is 5.94. The lowest BCUT2D eigenvalue weighted by atomic mass is 10.0. The first kappa shape index (κ1) is 17.9. The monoisotopic (exact) mass is 345 g/mol. The van der Waals surface area contributed by atoms with E-state index < -0.39 is 0 Å². The fraction of sp³-hybridized carbons (Fsp3) is 0.579. The molecule has 6 heteroatoms. The summed E-state index contributed by atoms with van der Waals surface area (Å²) >= 11 is 0. The van der Waals surface area contributed by atoms with E-state index >= 15 is 0 Å². The van der Waals surface area contributed by atoms with Crippen LogP contribution in [0.3, 0.4) is 0 Å². The van der Waals surface area contributed by atoms with Crippen LogP contribution in [0, 0.1) is 5.92 Å². The molecule has 2 heterocycles. The minimum Gasteiger partial charge on any atom is -0.381 e. The lowest BCUT2D eigenvalue weighted by molar-refractivity contribution is -0.125. The molecule has 25 heavy (non-hydrogen) atoms. The molecule has 0 radical (unpaired) electrons. The predicted molar refractivity (Wildman–Crippen MR) is 95.3 cm³/mol. The Balaban J connectivity index is 1.75. The number of rotatable bonds is 3. The van der Waals surface area contributed by atoms with Crippen LogP contribution in [-0.2, 0) is 9.53 Å². The molecule has 0 aliphatic carbocycles. The standard InChI is InChI=1S/C19H27N3O3/c1-20-18(23)16-13-21(17-7-11-25-12-8-17)9-10-22(14-16)19(24)15-5-3-2-4-6-15/h2-6,16-17H,7-14H2,1H3,(H,20,23)/t16-/m1/s1. The first-order valence-corrected chi connectivity index (χ1v) is 9.06. The van der Waals surface area contributed by atoms with Crippen molar-refractivity contribution in [1.29, 1.82) is 0 Å². The Bertz CT molecular complexity index is 587. The smallest absolute Gasteiger partial charge is 0.253 e. The van der Waals surface area contributed by atoms with Gasteiger partial charge >= 0.3 is 0 Å². The van der Waals surface area contributed by atoms with E-state index in [2.05, 4.69) is 10.2 Å². The highest BCUT2D eigenvalue weighted by Crippen LogP contribution is 2.20. The molecule has 1 aromatic carbocycles. The maximum atomic E-state index is 12.8. The highest BCUT2D eigenvalue weighted by Gasteiger charge is 2.33. The largest absolute Gasteiger partial charge is 0.381 e. The number of benzene rings is 1. The van der Waals surface area contributed by atoms with E-state index in [1.807, 2.05) is 35.2 Å². The minimum absolute atomic E-state index is 0.00308. The Kier molecular flexibility index (Phi) is 6.04. The van der Waals surface area contributed by atoms with E-state index in [0.717, 1.165) is 32.6 Å². The van der Waals surface area contributed by atoms with Gasteiger partial charge in [0.15, 0.2) is 0 Å². The van der Waals surface area contributed by atoms with E-state index in [9.17, 15) is 9.59 Å². The molecule has 0 saturated carbocycles. The van der Waals surface area contributed by atoms with Crippen molar-refractivity contribution in [1.82, 2.24) is 15.1 Å². The van der Waals surface area contributed by atoms with Gasteiger partial charge in [-0.25, -0.2) is 0 Å². The van der Waals surface area contributed by atoms with Gasteiger partial charge in [-0.15, -0.1) is 0 Å². The molecular formula is C19H27N3O3. The Hall–Kier alpha value is -1.92. The van der Waals surface area contributed by atoms with Gasteiger partial charge in [0, 0.05) is 58.0 Å². The summed E-state index contributed by atoms with van der Waals surface area (Å²) in [6, 6.07) is 9.74. The summed E-state index contributed by atoms with van der Waals surface area (Å²) in [6.07, 6.45) is 1.99. The Morgan fingerprint density at radius 3 is 2.48 bits per heavy atom. The van der Waals surface area contributed by atoms with Crippen molar-refractivity contribution in [3.8, 4) is 0 Å². The second-order valence-electron chi connectivity index (χ2n) is 6.77. The van der Waals surface area contributed by atoms with Gasteiger partial charge in [0.1, 0.15) is 0 Å². The van der Waals surface area contributed by atoms with Gasteiger partial charge in [-0.2, -0.15) is 0 Å². The van der Waals surface area contributed by atoms with Crippen LogP contribution >= 0.6 is 0 Å². The van der Waals surface area contributed by atoms with Crippen LogP contribution in [0.1, 0.15) is 23.2 Å². The first-order valence-electron chi connectivity index (χ1n) is 9.06. The van der Waals surface area contributed by atoms with Crippen LogP contribution in [-0.4, -0.2) is 74.1 Å². The van der Waals surface area contributed by atoms with Crippen LogP contribution in [0.4, 0.5) is 0 Å². The number of carbonyl (C=O) groups excluding carboxylic acids is 2. The van der Waals surface area contributed by atoms with Gasteiger partial charge in [0.2, 0.25) is 5.91 Å². The Morgan fingerprint density at radius 1 is 1.08 bits per heavy atom. The van der Waals surface area contributed by atoms with Gasteiger partial charge in [-0.1, -0.05) is 18.2 Å². The first-order chi connectivity index (χ1) is 12.2. The average molecular weight is 345 g/mol. The van der Waals surface area contributed by atoms with Crippen molar-refractivity contribution in [3.63, 3.8) is 0 Å². The molecule has 2 aliphatic rings. The fourth-order valence-electron chi connectivity index (χ4n) is 3.74. The normalized spacial score (nSPS) is 23.1. The second kappa shape index (κ2) is 8.45. The molecule has 1 atom stereocenters. The number of hydrogen-bond acceptors (Lipinski definition) is 4. The summed E-state index contributed by atoms with van der Waals surface area (Å²) in [5.41, 5.74) is 0.678. The van der Waals surface area contributed by atoms with E-state index in [1.165, 1.54) is 0 Å². The summed E-state index contributed by atoms with van der Waals surface area (Å²) in [6.45, 7) is 4.17. The zero-order valence-electron chi connectivity index (χ0n) is 14.8. The van der Waals surface area contributed by atoms with E-state index in [-0.39, 0.29) is 17.7 Å². The van der Waals surface area contributed by atoms with Gasteiger partial charge in [-0.3, -0.25) is 14.5 Å². The van der Waals surface area contributed by atoms with E-state index in [1.54, 1.807) is 7.05 Å².